The fourth-order valence-electron chi connectivity index (χ4n) is 3.38. The van der Waals surface area contributed by atoms with Crippen LogP contribution in [0.1, 0.15) is 24.2 Å². The number of fused-ring (bicyclic) bond motifs is 1. The molecule has 6 nitrogen and oxygen atoms in total. The molecule has 0 amide bonds. The van der Waals surface area contributed by atoms with Crippen LogP contribution in [-0.4, -0.2) is 35.8 Å². The van der Waals surface area contributed by atoms with E-state index in [1.54, 1.807) is 30.3 Å². The van der Waals surface area contributed by atoms with Crippen LogP contribution in [0.15, 0.2) is 53.4 Å². The van der Waals surface area contributed by atoms with Gasteiger partial charge in [-0.15, -0.1) is 0 Å². The van der Waals surface area contributed by atoms with Crippen LogP contribution in [-0.2, 0) is 22.7 Å². The topological polar surface area (TPSA) is 75.2 Å². The normalized spacial score (nSPS) is 15.6. The van der Waals surface area contributed by atoms with Crippen LogP contribution >= 0.6 is 0 Å². The van der Waals surface area contributed by atoms with E-state index in [-0.39, 0.29) is 22.8 Å². The third-order valence-corrected chi connectivity index (χ3v) is 6.86. The lowest BCUT2D eigenvalue weighted by atomic mass is 10.2. The summed E-state index contributed by atoms with van der Waals surface area (Å²) in [7, 11) is -3.51. The second-order valence-corrected chi connectivity index (χ2v) is 8.96. The van der Waals surface area contributed by atoms with Crippen molar-refractivity contribution in [1.29, 1.82) is 0 Å². The van der Waals surface area contributed by atoms with E-state index in [9.17, 15) is 21.6 Å². The average Bonchev–Trinajstić information content (AvgIpc) is 3.27. The summed E-state index contributed by atoms with van der Waals surface area (Å²) in [6, 6.07) is 12.8. The maximum absolute atomic E-state index is 13.1. The van der Waals surface area contributed by atoms with Crippen LogP contribution in [0.3, 0.4) is 0 Å². The minimum absolute atomic E-state index is 0.0710. The number of para-hydroxylation sites is 1. The van der Waals surface area contributed by atoms with Crippen molar-refractivity contribution in [2.45, 2.75) is 30.5 Å². The van der Waals surface area contributed by atoms with E-state index in [1.165, 1.54) is 22.5 Å². The number of hydrogen-bond acceptors (Lipinski definition) is 5. The number of alkyl halides is 3. The third-order valence-electron chi connectivity index (χ3n) is 4.94. The molecule has 158 valence electrons. The van der Waals surface area contributed by atoms with Gasteiger partial charge in [-0.3, -0.25) is 0 Å². The van der Waals surface area contributed by atoms with Gasteiger partial charge in [0.1, 0.15) is 5.82 Å². The van der Waals surface area contributed by atoms with Gasteiger partial charge in [0.05, 0.1) is 10.4 Å². The Balaban J connectivity index is 1.56. The molecular formula is C20H19F3N4O2S. The van der Waals surface area contributed by atoms with Crippen molar-refractivity contribution in [3.8, 4) is 0 Å². The fourth-order valence-corrected chi connectivity index (χ4v) is 4.90. The summed E-state index contributed by atoms with van der Waals surface area (Å²) in [5, 5.41) is 3.39. The zero-order valence-electron chi connectivity index (χ0n) is 15.9. The number of rotatable bonds is 5. The average molecular weight is 436 g/mol. The number of hydrogen-bond donors (Lipinski definition) is 1. The molecule has 1 aromatic heterocycles. The minimum Gasteiger partial charge on any atom is -0.365 e. The molecule has 4 rings (SSSR count). The van der Waals surface area contributed by atoms with Crippen LogP contribution in [0.5, 0.6) is 0 Å². The number of anilines is 1. The van der Waals surface area contributed by atoms with Crippen molar-refractivity contribution in [2.75, 3.05) is 18.4 Å². The van der Waals surface area contributed by atoms with Gasteiger partial charge in [-0.25, -0.2) is 18.4 Å². The van der Waals surface area contributed by atoms with Crippen LogP contribution in [0, 0.1) is 0 Å². The molecular weight excluding hydrogens is 417 g/mol. The monoisotopic (exact) mass is 436 g/mol. The molecule has 2 heterocycles. The van der Waals surface area contributed by atoms with Gasteiger partial charge in [-0.2, -0.15) is 17.5 Å². The first-order chi connectivity index (χ1) is 14.2. The van der Waals surface area contributed by atoms with Crippen LogP contribution < -0.4 is 5.32 Å². The summed E-state index contributed by atoms with van der Waals surface area (Å²) >= 11 is 0. The van der Waals surface area contributed by atoms with Crippen molar-refractivity contribution in [1.82, 2.24) is 14.3 Å². The molecule has 0 spiro atoms. The molecule has 2 aromatic carbocycles. The SMILES string of the molecule is O=S(=O)(c1ccc(CNc2nc(C(F)(F)F)nc3ccccc23)cc1)N1CCCC1. The predicted molar refractivity (Wildman–Crippen MR) is 106 cm³/mol. The van der Waals surface area contributed by atoms with Crippen molar-refractivity contribution < 1.29 is 21.6 Å². The Labute approximate surface area is 171 Å². The molecule has 30 heavy (non-hydrogen) atoms. The molecule has 0 radical (unpaired) electrons. The van der Waals surface area contributed by atoms with Crippen molar-refractivity contribution in [2.24, 2.45) is 0 Å². The first-order valence-corrected chi connectivity index (χ1v) is 10.9. The molecule has 0 bridgehead atoms. The first kappa shape index (κ1) is 20.5. The Kier molecular flexibility index (Phi) is 5.37. The van der Waals surface area contributed by atoms with Gasteiger partial charge in [-0.1, -0.05) is 24.3 Å². The highest BCUT2D eigenvalue weighted by molar-refractivity contribution is 7.89. The quantitative estimate of drug-likeness (QED) is 0.653. The molecule has 1 aliphatic heterocycles. The first-order valence-electron chi connectivity index (χ1n) is 9.42. The van der Waals surface area contributed by atoms with Crippen molar-refractivity contribution >= 4 is 26.7 Å². The highest BCUT2D eigenvalue weighted by Crippen LogP contribution is 2.30. The highest BCUT2D eigenvalue weighted by atomic mass is 32.2. The summed E-state index contributed by atoms with van der Waals surface area (Å²) in [4.78, 5) is 7.45. The number of benzene rings is 2. The Morgan fingerprint density at radius 1 is 0.967 bits per heavy atom. The minimum atomic E-state index is -4.66. The van der Waals surface area contributed by atoms with Gasteiger partial charge in [0.2, 0.25) is 15.8 Å². The van der Waals surface area contributed by atoms with E-state index in [0.29, 0.717) is 24.0 Å². The number of aromatic nitrogens is 2. The lowest BCUT2D eigenvalue weighted by molar-refractivity contribution is -0.144. The smallest absolute Gasteiger partial charge is 0.365 e. The Bertz CT molecular complexity index is 1160. The van der Waals surface area contributed by atoms with Crippen LogP contribution in [0.25, 0.3) is 10.9 Å². The van der Waals surface area contributed by atoms with E-state index in [0.717, 1.165) is 12.8 Å². The summed E-state index contributed by atoms with van der Waals surface area (Å²) in [5.74, 6) is -1.14. The molecule has 10 heteroatoms. The van der Waals surface area contributed by atoms with Gasteiger partial charge in [0.15, 0.2) is 0 Å². The second-order valence-electron chi connectivity index (χ2n) is 7.02. The van der Waals surface area contributed by atoms with Gasteiger partial charge < -0.3 is 5.32 Å². The molecule has 0 unspecified atom stereocenters. The zero-order valence-corrected chi connectivity index (χ0v) is 16.7. The molecule has 1 saturated heterocycles. The maximum atomic E-state index is 13.1. The van der Waals surface area contributed by atoms with E-state index in [2.05, 4.69) is 15.3 Å². The number of nitrogens with one attached hydrogen (secondary N) is 1. The Morgan fingerprint density at radius 3 is 2.30 bits per heavy atom. The van der Waals surface area contributed by atoms with Crippen molar-refractivity contribution in [3.05, 3.63) is 59.9 Å². The maximum Gasteiger partial charge on any atom is 0.451 e. The van der Waals surface area contributed by atoms with Crippen LogP contribution in [0.4, 0.5) is 19.0 Å². The molecule has 1 fully saturated rings. The molecule has 0 atom stereocenters. The molecule has 0 aliphatic carbocycles. The third kappa shape index (κ3) is 4.10. The fraction of sp³-hybridized carbons (Fsp3) is 0.300. The second kappa shape index (κ2) is 7.84. The van der Waals surface area contributed by atoms with Gasteiger partial charge >= 0.3 is 6.18 Å². The predicted octanol–water partition coefficient (Wildman–Crippen LogP) is 4.05. The van der Waals surface area contributed by atoms with Gasteiger partial charge in [0, 0.05) is 25.0 Å². The lowest BCUT2D eigenvalue weighted by Gasteiger charge is -2.16. The van der Waals surface area contributed by atoms with Gasteiger partial charge in [0.25, 0.3) is 0 Å². The number of nitrogens with zero attached hydrogens (tertiary/aromatic N) is 3. The van der Waals surface area contributed by atoms with Crippen molar-refractivity contribution in [3.63, 3.8) is 0 Å². The zero-order chi connectivity index (χ0) is 21.4. The number of sulfonamides is 1. The van der Waals surface area contributed by atoms with E-state index < -0.39 is 22.0 Å². The lowest BCUT2D eigenvalue weighted by Crippen LogP contribution is -2.27. The largest absolute Gasteiger partial charge is 0.451 e. The number of halogens is 3. The summed E-state index contributed by atoms with van der Waals surface area (Å²) in [6.07, 6.45) is -2.95. The van der Waals surface area contributed by atoms with E-state index in [1.807, 2.05) is 0 Å². The molecule has 1 aliphatic rings. The molecule has 0 saturated carbocycles. The highest BCUT2D eigenvalue weighted by Gasteiger charge is 2.35. The van der Waals surface area contributed by atoms with E-state index >= 15 is 0 Å². The Morgan fingerprint density at radius 2 is 1.63 bits per heavy atom. The van der Waals surface area contributed by atoms with Gasteiger partial charge in [-0.05, 0) is 42.7 Å². The van der Waals surface area contributed by atoms with Crippen LogP contribution in [0.2, 0.25) is 0 Å². The molecule has 3 aromatic rings. The molecule has 1 N–H and O–H groups in total. The summed E-state index contributed by atoms with van der Waals surface area (Å²) in [5.41, 5.74) is 0.904. The summed E-state index contributed by atoms with van der Waals surface area (Å²) < 4.78 is 66.0. The standard InChI is InChI=1S/C20H19F3N4O2S/c21-20(22,23)19-25-17-6-2-1-5-16(17)18(26-19)24-13-14-7-9-15(10-8-14)30(28,29)27-11-3-4-12-27/h1-2,5-10H,3-4,11-13H2,(H,24,25,26). The Hall–Kier alpha value is -2.72. The summed E-state index contributed by atoms with van der Waals surface area (Å²) in [6.45, 7) is 1.23. The van der Waals surface area contributed by atoms with E-state index in [4.69, 9.17) is 0 Å².